The Morgan fingerprint density at radius 1 is 1.33 bits per heavy atom. The molecule has 7 nitrogen and oxygen atoms in total. The number of likely N-dealkylation sites (tertiary alicyclic amines) is 1. The molecule has 1 N–H and O–H groups in total. The van der Waals surface area contributed by atoms with Gasteiger partial charge in [-0.15, -0.1) is 0 Å². The van der Waals surface area contributed by atoms with Crippen molar-refractivity contribution in [2.45, 2.75) is 32.0 Å². The van der Waals surface area contributed by atoms with Gasteiger partial charge in [0.15, 0.2) is 0 Å². The van der Waals surface area contributed by atoms with Crippen LogP contribution in [0.25, 0.3) is 0 Å². The van der Waals surface area contributed by atoms with Gasteiger partial charge in [0.1, 0.15) is 0 Å². The monoisotopic (exact) mass is 390 g/mol. The van der Waals surface area contributed by atoms with Crippen LogP contribution in [0, 0.1) is 11.3 Å². The first-order valence-corrected chi connectivity index (χ1v) is 8.66. The molecule has 27 heavy (non-hydrogen) atoms. The zero-order valence-electron chi connectivity index (χ0n) is 15.7. The largest absolute Gasteiger partial charge is 0.490 e. The minimum atomic E-state index is -5.08. The third-order valence-corrected chi connectivity index (χ3v) is 5.19. The standard InChI is InChI=1S/C15H24N4O.C2HF3O2/c1-17(2)14(20)13-8-15(13)4-6-19(7-5-15)11-12-9-16-18(3)10-12;3-2(4,5)1(6)7/h9-10,13H,4-8,11H2,1-3H3;(H,6,7). The number of halogens is 3. The predicted molar refractivity (Wildman–Crippen MR) is 90.6 cm³/mol. The maximum Gasteiger partial charge on any atom is 0.490 e. The molecule has 0 aromatic carbocycles. The lowest BCUT2D eigenvalue weighted by Crippen LogP contribution is -2.36. The quantitative estimate of drug-likeness (QED) is 0.851. The summed E-state index contributed by atoms with van der Waals surface area (Å²) >= 11 is 0. The second-order valence-electron chi connectivity index (χ2n) is 7.45. The molecule has 1 aromatic heterocycles. The van der Waals surface area contributed by atoms with Crippen LogP contribution in [-0.4, -0.2) is 69.9 Å². The molecule has 0 bridgehead atoms. The van der Waals surface area contributed by atoms with Crippen LogP contribution in [0.4, 0.5) is 13.2 Å². The SMILES string of the molecule is CN(C)C(=O)C1CC12CCN(Cc1cnn(C)c1)CC2.O=C(O)C(F)(F)F. The van der Waals surface area contributed by atoms with E-state index in [1.54, 1.807) is 4.90 Å². The number of amides is 1. The summed E-state index contributed by atoms with van der Waals surface area (Å²) in [6.45, 7) is 3.19. The second-order valence-corrected chi connectivity index (χ2v) is 7.45. The van der Waals surface area contributed by atoms with Gasteiger partial charge >= 0.3 is 12.1 Å². The highest BCUT2D eigenvalue weighted by molar-refractivity contribution is 5.82. The minimum Gasteiger partial charge on any atom is -0.475 e. The van der Waals surface area contributed by atoms with E-state index in [4.69, 9.17) is 9.90 Å². The number of hydrogen-bond acceptors (Lipinski definition) is 4. The van der Waals surface area contributed by atoms with Crippen molar-refractivity contribution in [2.24, 2.45) is 18.4 Å². The Balaban J connectivity index is 0.000000321. The lowest BCUT2D eigenvalue weighted by molar-refractivity contribution is -0.192. The van der Waals surface area contributed by atoms with Gasteiger partial charge in [0.2, 0.25) is 5.91 Å². The number of aliphatic carboxylic acids is 1. The molecule has 1 spiro atoms. The molecule has 1 aliphatic heterocycles. The van der Waals surface area contributed by atoms with Crippen LogP contribution in [0.5, 0.6) is 0 Å². The number of alkyl halides is 3. The van der Waals surface area contributed by atoms with Crippen LogP contribution in [0.15, 0.2) is 12.4 Å². The molecule has 1 atom stereocenters. The van der Waals surface area contributed by atoms with Gasteiger partial charge in [0.05, 0.1) is 6.20 Å². The first kappa shape index (κ1) is 21.2. The molecule has 3 rings (SSSR count). The third-order valence-electron chi connectivity index (χ3n) is 5.19. The summed E-state index contributed by atoms with van der Waals surface area (Å²) in [5.74, 6) is -2.14. The Bertz CT molecular complexity index is 679. The number of carbonyl (C=O) groups excluding carboxylic acids is 1. The van der Waals surface area contributed by atoms with Crippen molar-refractivity contribution >= 4 is 11.9 Å². The van der Waals surface area contributed by atoms with Gasteiger partial charge in [-0.05, 0) is 37.8 Å². The average Bonchev–Trinajstić information content (AvgIpc) is 3.11. The summed E-state index contributed by atoms with van der Waals surface area (Å²) < 4.78 is 33.6. The molecule has 2 heterocycles. The smallest absolute Gasteiger partial charge is 0.475 e. The number of carbonyl (C=O) groups is 2. The molecule has 1 unspecified atom stereocenters. The van der Waals surface area contributed by atoms with Gasteiger partial charge < -0.3 is 10.0 Å². The minimum absolute atomic E-state index is 0.290. The van der Waals surface area contributed by atoms with Crippen molar-refractivity contribution in [3.63, 3.8) is 0 Å². The Morgan fingerprint density at radius 2 is 1.89 bits per heavy atom. The number of nitrogens with zero attached hydrogens (tertiary/aromatic N) is 4. The second kappa shape index (κ2) is 7.87. The topological polar surface area (TPSA) is 78.7 Å². The van der Waals surface area contributed by atoms with E-state index in [9.17, 15) is 18.0 Å². The van der Waals surface area contributed by atoms with Gasteiger partial charge in [-0.3, -0.25) is 14.4 Å². The molecule has 10 heteroatoms. The predicted octanol–water partition coefficient (Wildman–Crippen LogP) is 1.74. The van der Waals surface area contributed by atoms with Gasteiger partial charge in [0.25, 0.3) is 0 Å². The van der Waals surface area contributed by atoms with E-state index >= 15 is 0 Å². The normalized spacial score (nSPS) is 21.3. The number of rotatable bonds is 3. The zero-order valence-corrected chi connectivity index (χ0v) is 15.7. The van der Waals surface area contributed by atoms with Crippen molar-refractivity contribution in [1.82, 2.24) is 19.6 Å². The first-order valence-electron chi connectivity index (χ1n) is 8.66. The highest BCUT2D eigenvalue weighted by Gasteiger charge is 2.58. The summed E-state index contributed by atoms with van der Waals surface area (Å²) in [5, 5.41) is 11.3. The summed E-state index contributed by atoms with van der Waals surface area (Å²) in [7, 11) is 5.69. The molecule has 1 amide bonds. The lowest BCUT2D eigenvalue weighted by atomic mass is 9.90. The number of carboxylic acids is 1. The summed E-state index contributed by atoms with van der Waals surface area (Å²) in [6, 6.07) is 0. The average molecular weight is 390 g/mol. The lowest BCUT2D eigenvalue weighted by Gasteiger charge is -2.32. The summed E-state index contributed by atoms with van der Waals surface area (Å²) in [4.78, 5) is 25.2. The van der Waals surface area contributed by atoms with E-state index in [0.717, 1.165) is 38.9 Å². The van der Waals surface area contributed by atoms with Crippen LogP contribution in [0.2, 0.25) is 0 Å². The maximum absolute atomic E-state index is 12.1. The van der Waals surface area contributed by atoms with Crippen LogP contribution >= 0.6 is 0 Å². The fourth-order valence-electron chi connectivity index (χ4n) is 3.53. The van der Waals surface area contributed by atoms with Crippen LogP contribution < -0.4 is 0 Å². The van der Waals surface area contributed by atoms with Crippen molar-refractivity contribution in [3.8, 4) is 0 Å². The fourth-order valence-corrected chi connectivity index (χ4v) is 3.53. The van der Waals surface area contributed by atoms with Crippen LogP contribution in [0.1, 0.15) is 24.8 Å². The van der Waals surface area contributed by atoms with Gasteiger partial charge in [-0.25, -0.2) is 4.79 Å². The van der Waals surface area contributed by atoms with Gasteiger partial charge in [0, 0.05) is 45.4 Å². The van der Waals surface area contributed by atoms with Crippen molar-refractivity contribution < 1.29 is 27.9 Å². The van der Waals surface area contributed by atoms with E-state index in [0.29, 0.717) is 11.3 Å². The summed E-state index contributed by atoms with van der Waals surface area (Å²) in [5.41, 5.74) is 1.60. The number of aromatic nitrogens is 2. The maximum atomic E-state index is 12.1. The molecular formula is C17H25F3N4O3. The molecule has 1 saturated carbocycles. The number of aryl methyl sites for hydroxylation is 1. The molecule has 0 radical (unpaired) electrons. The van der Waals surface area contributed by atoms with Crippen molar-refractivity contribution in [1.29, 1.82) is 0 Å². The number of piperidine rings is 1. The molecule has 1 aliphatic carbocycles. The van der Waals surface area contributed by atoms with E-state index in [-0.39, 0.29) is 5.92 Å². The van der Waals surface area contributed by atoms with Gasteiger partial charge in [-0.1, -0.05) is 0 Å². The van der Waals surface area contributed by atoms with Gasteiger partial charge in [-0.2, -0.15) is 18.3 Å². The highest BCUT2D eigenvalue weighted by Crippen LogP contribution is 2.59. The Hall–Kier alpha value is -2.10. The van der Waals surface area contributed by atoms with E-state index in [1.807, 2.05) is 32.0 Å². The molecular weight excluding hydrogens is 365 g/mol. The molecule has 2 aliphatic rings. The molecule has 2 fully saturated rings. The Labute approximate surface area is 155 Å². The van der Waals surface area contributed by atoms with E-state index in [2.05, 4.69) is 16.2 Å². The molecule has 152 valence electrons. The fraction of sp³-hybridized carbons (Fsp3) is 0.706. The number of carboxylic acid groups (broad SMARTS) is 1. The molecule has 1 aromatic rings. The van der Waals surface area contributed by atoms with Crippen molar-refractivity contribution in [3.05, 3.63) is 18.0 Å². The number of hydrogen-bond donors (Lipinski definition) is 1. The first-order chi connectivity index (χ1) is 12.4. The van der Waals surface area contributed by atoms with Crippen LogP contribution in [-0.2, 0) is 23.2 Å². The van der Waals surface area contributed by atoms with E-state index in [1.165, 1.54) is 5.56 Å². The summed E-state index contributed by atoms with van der Waals surface area (Å²) in [6.07, 6.45) is 2.37. The highest BCUT2D eigenvalue weighted by atomic mass is 19.4. The Kier molecular flexibility index (Phi) is 6.18. The zero-order chi connectivity index (χ0) is 20.4. The van der Waals surface area contributed by atoms with Crippen molar-refractivity contribution in [2.75, 3.05) is 27.2 Å². The molecule has 1 saturated heterocycles. The van der Waals surface area contributed by atoms with Crippen LogP contribution in [0.3, 0.4) is 0 Å². The Morgan fingerprint density at radius 3 is 2.30 bits per heavy atom. The third kappa shape index (κ3) is 5.44. The van der Waals surface area contributed by atoms with E-state index < -0.39 is 12.1 Å².